The van der Waals surface area contributed by atoms with Gasteiger partial charge in [0, 0.05) is 34.1 Å². The Kier molecular flexibility index (Phi) is 6.60. The second-order valence-corrected chi connectivity index (χ2v) is 7.03. The Morgan fingerprint density at radius 1 is 1.19 bits per heavy atom. The van der Waals surface area contributed by atoms with E-state index in [1.807, 2.05) is 6.92 Å². The fraction of sp³-hybridized carbons (Fsp3) is 0.217. The quantitative estimate of drug-likeness (QED) is 0.485. The smallest absolute Gasteiger partial charge is 0.398 e. The fourth-order valence-corrected chi connectivity index (χ4v) is 3.22. The van der Waals surface area contributed by atoms with Gasteiger partial charge < -0.3 is 16.2 Å². The lowest BCUT2D eigenvalue weighted by Gasteiger charge is -2.13. The molecule has 2 aromatic carbocycles. The molecule has 0 aliphatic rings. The largest absolute Gasteiger partial charge is 0.416 e. The van der Waals surface area contributed by atoms with Crippen molar-refractivity contribution in [3.05, 3.63) is 70.9 Å². The van der Waals surface area contributed by atoms with Crippen LogP contribution in [0, 0.1) is 0 Å². The number of aryl methyl sites for hydroxylation is 1. The van der Waals surface area contributed by atoms with Gasteiger partial charge in [-0.2, -0.15) is 13.2 Å². The summed E-state index contributed by atoms with van der Waals surface area (Å²) in [5, 5.41) is 13.0. The number of nitrogens with two attached hydrogens (primary N) is 1. The van der Waals surface area contributed by atoms with Crippen LogP contribution in [0.5, 0.6) is 0 Å². The van der Waals surface area contributed by atoms with Crippen LogP contribution in [0.1, 0.15) is 35.7 Å². The number of carbonyl (C=O) groups is 1. The van der Waals surface area contributed by atoms with E-state index in [2.05, 4.69) is 10.3 Å². The van der Waals surface area contributed by atoms with Crippen LogP contribution in [0.3, 0.4) is 0 Å². The zero-order valence-electron chi connectivity index (χ0n) is 16.8. The Bertz CT molecular complexity index is 1120. The molecule has 8 heteroatoms. The standard InChI is InChI=1S/C23H22F3N3O2/c1-2-3-19-18(13-30)22(27)17-12-16(9-10-20(17)29-19)28-21(31)11-6-14-4-7-15(8-5-14)23(24,25)26/h4-12,30H,2-3,13H2,1H3,(H2,27,29)(H,28,31)/b11-6+. The number of pyridine rings is 1. The number of aliphatic hydroxyl groups excluding tert-OH is 1. The highest BCUT2D eigenvalue weighted by molar-refractivity contribution is 6.04. The third-order valence-electron chi connectivity index (χ3n) is 4.79. The highest BCUT2D eigenvalue weighted by Gasteiger charge is 2.29. The van der Waals surface area contributed by atoms with Crippen molar-refractivity contribution in [1.29, 1.82) is 0 Å². The summed E-state index contributed by atoms with van der Waals surface area (Å²) in [5.74, 6) is -0.448. The number of nitrogens with one attached hydrogen (secondary N) is 1. The van der Waals surface area contributed by atoms with Gasteiger partial charge in [0.05, 0.1) is 17.7 Å². The maximum Gasteiger partial charge on any atom is 0.416 e. The molecular formula is C23H22F3N3O2. The number of benzene rings is 2. The predicted molar refractivity (Wildman–Crippen MR) is 115 cm³/mol. The molecule has 1 heterocycles. The summed E-state index contributed by atoms with van der Waals surface area (Å²) < 4.78 is 37.8. The fourth-order valence-electron chi connectivity index (χ4n) is 3.22. The number of alkyl halides is 3. The maximum absolute atomic E-state index is 12.6. The van der Waals surface area contributed by atoms with E-state index in [0.717, 1.165) is 24.2 Å². The highest BCUT2D eigenvalue weighted by atomic mass is 19.4. The molecule has 5 nitrogen and oxygen atoms in total. The van der Waals surface area contributed by atoms with E-state index in [4.69, 9.17) is 5.73 Å². The lowest BCUT2D eigenvalue weighted by atomic mass is 10.0. The number of fused-ring (bicyclic) bond motifs is 1. The molecule has 0 saturated heterocycles. The number of amides is 1. The maximum atomic E-state index is 12.6. The van der Waals surface area contributed by atoms with Crippen LogP contribution in [-0.4, -0.2) is 16.0 Å². The number of hydrogen-bond acceptors (Lipinski definition) is 4. The predicted octanol–water partition coefficient (Wildman–Crippen LogP) is 4.93. The number of hydrogen-bond donors (Lipinski definition) is 3. The van der Waals surface area contributed by atoms with Gasteiger partial charge in [0.25, 0.3) is 0 Å². The molecule has 4 N–H and O–H groups in total. The van der Waals surface area contributed by atoms with Gasteiger partial charge in [-0.3, -0.25) is 9.78 Å². The Labute approximate surface area is 177 Å². The van der Waals surface area contributed by atoms with Gasteiger partial charge in [0.2, 0.25) is 5.91 Å². The number of rotatable bonds is 6. The molecular weight excluding hydrogens is 407 g/mol. The number of nitrogen functional groups attached to an aromatic ring is 1. The van der Waals surface area contributed by atoms with E-state index in [9.17, 15) is 23.1 Å². The summed E-state index contributed by atoms with van der Waals surface area (Å²) in [4.78, 5) is 16.8. The molecule has 0 aliphatic carbocycles. The highest BCUT2D eigenvalue weighted by Crippen LogP contribution is 2.30. The number of halogens is 3. The SMILES string of the molecule is CCCc1nc2ccc(NC(=O)/C=C/c3ccc(C(F)(F)F)cc3)cc2c(N)c1CO. The molecule has 162 valence electrons. The normalized spacial score (nSPS) is 11.9. The van der Waals surface area contributed by atoms with E-state index >= 15 is 0 Å². The molecule has 0 radical (unpaired) electrons. The van der Waals surface area contributed by atoms with Crippen molar-refractivity contribution < 1.29 is 23.1 Å². The van der Waals surface area contributed by atoms with Gasteiger partial charge in [0.1, 0.15) is 0 Å². The Balaban J connectivity index is 1.78. The molecule has 0 aliphatic heterocycles. The van der Waals surface area contributed by atoms with E-state index in [-0.39, 0.29) is 6.61 Å². The molecule has 0 atom stereocenters. The second-order valence-electron chi connectivity index (χ2n) is 7.03. The van der Waals surface area contributed by atoms with E-state index in [1.165, 1.54) is 24.3 Å². The van der Waals surface area contributed by atoms with Crippen LogP contribution in [-0.2, 0) is 24.0 Å². The number of anilines is 2. The van der Waals surface area contributed by atoms with Crippen molar-refractivity contribution in [3.63, 3.8) is 0 Å². The lowest BCUT2D eigenvalue weighted by Crippen LogP contribution is -2.09. The summed E-state index contributed by atoms with van der Waals surface area (Å²) in [7, 11) is 0. The molecule has 0 saturated carbocycles. The van der Waals surface area contributed by atoms with Crippen LogP contribution in [0.15, 0.2) is 48.5 Å². The summed E-state index contributed by atoms with van der Waals surface area (Å²) >= 11 is 0. The van der Waals surface area contributed by atoms with Gasteiger partial charge in [0.15, 0.2) is 0 Å². The first-order valence-corrected chi connectivity index (χ1v) is 9.71. The molecule has 0 bridgehead atoms. The molecule has 3 rings (SSSR count). The zero-order valence-corrected chi connectivity index (χ0v) is 16.8. The monoisotopic (exact) mass is 429 g/mol. The molecule has 3 aromatic rings. The first-order chi connectivity index (χ1) is 14.7. The summed E-state index contributed by atoms with van der Waals surface area (Å²) in [6, 6.07) is 9.60. The average molecular weight is 429 g/mol. The van der Waals surface area contributed by atoms with Crippen molar-refractivity contribution in [2.75, 3.05) is 11.1 Å². The first-order valence-electron chi connectivity index (χ1n) is 9.71. The molecule has 0 fully saturated rings. The number of nitrogens with zero attached hydrogens (tertiary/aromatic N) is 1. The first kappa shape index (κ1) is 22.3. The molecule has 1 amide bonds. The molecule has 31 heavy (non-hydrogen) atoms. The van der Waals surface area contributed by atoms with Crippen molar-refractivity contribution in [3.8, 4) is 0 Å². The van der Waals surface area contributed by atoms with Gasteiger partial charge >= 0.3 is 6.18 Å². The van der Waals surface area contributed by atoms with Crippen molar-refractivity contribution >= 4 is 34.3 Å². The van der Waals surface area contributed by atoms with E-state index < -0.39 is 17.6 Å². The van der Waals surface area contributed by atoms with Gasteiger partial charge in [-0.15, -0.1) is 0 Å². The Hall–Kier alpha value is -3.39. The molecule has 0 spiro atoms. The van der Waals surface area contributed by atoms with Crippen LogP contribution in [0.2, 0.25) is 0 Å². The second kappa shape index (κ2) is 9.18. The van der Waals surface area contributed by atoms with E-state index in [0.29, 0.717) is 39.8 Å². The van der Waals surface area contributed by atoms with E-state index in [1.54, 1.807) is 18.2 Å². The Morgan fingerprint density at radius 2 is 1.90 bits per heavy atom. The van der Waals surface area contributed by atoms with Crippen LogP contribution < -0.4 is 11.1 Å². The van der Waals surface area contributed by atoms with Gasteiger partial charge in [-0.25, -0.2) is 0 Å². The molecule has 0 unspecified atom stereocenters. The number of aromatic nitrogens is 1. The minimum atomic E-state index is -4.40. The summed E-state index contributed by atoms with van der Waals surface area (Å²) in [6.07, 6.45) is -0.182. The number of aliphatic hydroxyl groups is 1. The zero-order chi connectivity index (χ0) is 22.6. The van der Waals surface area contributed by atoms with Crippen molar-refractivity contribution in [2.45, 2.75) is 32.5 Å². The minimum absolute atomic E-state index is 0.226. The van der Waals surface area contributed by atoms with Crippen LogP contribution in [0.4, 0.5) is 24.5 Å². The third-order valence-corrected chi connectivity index (χ3v) is 4.79. The average Bonchev–Trinajstić information content (AvgIpc) is 2.73. The molecule has 1 aromatic heterocycles. The topological polar surface area (TPSA) is 88.2 Å². The van der Waals surface area contributed by atoms with Crippen LogP contribution in [0.25, 0.3) is 17.0 Å². The van der Waals surface area contributed by atoms with Crippen molar-refractivity contribution in [2.24, 2.45) is 0 Å². The summed E-state index contributed by atoms with van der Waals surface area (Å²) in [6.45, 7) is 1.79. The Morgan fingerprint density at radius 3 is 2.52 bits per heavy atom. The lowest BCUT2D eigenvalue weighted by molar-refractivity contribution is -0.137. The van der Waals surface area contributed by atoms with Gasteiger partial charge in [-0.1, -0.05) is 25.5 Å². The van der Waals surface area contributed by atoms with Gasteiger partial charge in [-0.05, 0) is 48.4 Å². The minimum Gasteiger partial charge on any atom is -0.398 e. The van der Waals surface area contributed by atoms with Crippen LogP contribution >= 0.6 is 0 Å². The third kappa shape index (κ3) is 5.21. The number of carbonyl (C=O) groups excluding carboxylic acids is 1. The summed E-state index contributed by atoms with van der Waals surface area (Å²) in [5.41, 5.74) is 8.85. The van der Waals surface area contributed by atoms with Crippen molar-refractivity contribution in [1.82, 2.24) is 4.98 Å².